The third kappa shape index (κ3) is 5.54. The Bertz CT molecular complexity index is 318. The first-order valence-corrected chi connectivity index (χ1v) is 7.13. The molecule has 2 heteroatoms. The molecule has 0 aliphatic heterocycles. The number of benzene rings is 1. The summed E-state index contributed by atoms with van der Waals surface area (Å²) in [6.45, 7) is 9.64. The van der Waals surface area contributed by atoms with Gasteiger partial charge in [0.1, 0.15) is 5.75 Å². The van der Waals surface area contributed by atoms with Gasteiger partial charge in [-0.3, -0.25) is 0 Å². The molecule has 0 amide bonds. The monoisotopic (exact) mass is 249 g/mol. The standard InChI is InChI=1S/C16H27NO/c1-5-6-7-12-17-14(4)15-8-10-16(11-9-15)18-13(2)3/h8-11,13-14,17H,5-7,12H2,1-4H3. The minimum atomic E-state index is 0.237. The van der Waals surface area contributed by atoms with Gasteiger partial charge in [0.05, 0.1) is 6.10 Å². The second-order valence-electron chi connectivity index (χ2n) is 5.12. The number of hydrogen-bond acceptors (Lipinski definition) is 2. The summed E-state index contributed by atoms with van der Waals surface area (Å²) in [5, 5.41) is 3.55. The van der Waals surface area contributed by atoms with Gasteiger partial charge in [0, 0.05) is 6.04 Å². The van der Waals surface area contributed by atoms with Gasteiger partial charge in [-0.25, -0.2) is 0 Å². The van der Waals surface area contributed by atoms with Gasteiger partial charge >= 0.3 is 0 Å². The molecule has 0 radical (unpaired) electrons. The Morgan fingerprint density at radius 3 is 2.28 bits per heavy atom. The zero-order valence-electron chi connectivity index (χ0n) is 12.2. The molecule has 102 valence electrons. The molecule has 1 aromatic rings. The van der Waals surface area contributed by atoms with Gasteiger partial charge in [0.25, 0.3) is 0 Å². The lowest BCUT2D eigenvalue weighted by molar-refractivity contribution is 0.242. The molecule has 0 aromatic heterocycles. The molecule has 0 aliphatic rings. The van der Waals surface area contributed by atoms with Crippen molar-refractivity contribution in [2.24, 2.45) is 0 Å². The van der Waals surface area contributed by atoms with Gasteiger partial charge in [-0.2, -0.15) is 0 Å². The van der Waals surface area contributed by atoms with E-state index in [9.17, 15) is 0 Å². The zero-order valence-corrected chi connectivity index (χ0v) is 12.2. The Hall–Kier alpha value is -1.02. The molecule has 0 saturated heterocycles. The van der Waals surface area contributed by atoms with E-state index in [1.807, 2.05) is 13.8 Å². The second kappa shape index (κ2) is 8.15. The van der Waals surface area contributed by atoms with Gasteiger partial charge in [-0.1, -0.05) is 31.9 Å². The Balaban J connectivity index is 2.41. The second-order valence-corrected chi connectivity index (χ2v) is 5.12. The molecule has 1 atom stereocenters. The minimum Gasteiger partial charge on any atom is -0.491 e. The van der Waals surface area contributed by atoms with Crippen LogP contribution >= 0.6 is 0 Å². The summed E-state index contributed by atoms with van der Waals surface area (Å²) in [6.07, 6.45) is 4.08. The molecule has 0 spiro atoms. The molecule has 18 heavy (non-hydrogen) atoms. The normalized spacial score (nSPS) is 12.7. The van der Waals surface area contributed by atoms with Crippen molar-refractivity contribution in [3.8, 4) is 5.75 Å². The molecule has 2 nitrogen and oxygen atoms in total. The Kier molecular flexibility index (Phi) is 6.81. The van der Waals surface area contributed by atoms with Gasteiger partial charge in [-0.15, -0.1) is 0 Å². The third-order valence-corrected chi connectivity index (χ3v) is 2.98. The van der Waals surface area contributed by atoms with Gasteiger partial charge in [0.15, 0.2) is 0 Å². The summed E-state index contributed by atoms with van der Waals surface area (Å²) in [6, 6.07) is 8.82. The molecule has 1 rings (SSSR count). The first-order chi connectivity index (χ1) is 8.63. The molecule has 1 aromatic carbocycles. The summed E-state index contributed by atoms with van der Waals surface area (Å²) in [5.74, 6) is 0.951. The number of hydrogen-bond donors (Lipinski definition) is 1. The lowest BCUT2D eigenvalue weighted by atomic mass is 10.1. The van der Waals surface area contributed by atoms with Crippen LogP contribution in [0.5, 0.6) is 5.75 Å². The maximum Gasteiger partial charge on any atom is 0.119 e. The van der Waals surface area contributed by atoms with E-state index in [1.165, 1.54) is 24.8 Å². The van der Waals surface area contributed by atoms with E-state index in [0.717, 1.165) is 12.3 Å². The zero-order chi connectivity index (χ0) is 13.4. The van der Waals surface area contributed by atoms with Crippen molar-refractivity contribution >= 4 is 0 Å². The number of rotatable bonds is 8. The lowest BCUT2D eigenvalue weighted by Crippen LogP contribution is -2.19. The molecule has 0 heterocycles. The van der Waals surface area contributed by atoms with Crippen molar-refractivity contribution in [3.05, 3.63) is 29.8 Å². The van der Waals surface area contributed by atoms with E-state index in [2.05, 4.69) is 43.4 Å². The summed E-state index contributed by atoms with van der Waals surface area (Å²) < 4.78 is 5.64. The topological polar surface area (TPSA) is 21.3 Å². The summed E-state index contributed by atoms with van der Waals surface area (Å²) in [4.78, 5) is 0. The Morgan fingerprint density at radius 1 is 1.06 bits per heavy atom. The highest BCUT2D eigenvalue weighted by Crippen LogP contribution is 2.18. The van der Waals surface area contributed by atoms with Crippen molar-refractivity contribution in [1.29, 1.82) is 0 Å². The van der Waals surface area contributed by atoms with Crippen LogP contribution < -0.4 is 10.1 Å². The van der Waals surface area contributed by atoms with Gasteiger partial charge < -0.3 is 10.1 Å². The maximum absolute atomic E-state index is 5.64. The molecule has 0 aliphatic carbocycles. The highest BCUT2D eigenvalue weighted by atomic mass is 16.5. The fourth-order valence-corrected chi connectivity index (χ4v) is 1.92. The SMILES string of the molecule is CCCCCNC(C)c1ccc(OC(C)C)cc1. The van der Waals surface area contributed by atoms with E-state index in [1.54, 1.807) is 0 Å². The maximum atomic E-state index is 5.64. The molecule has 0 bridgehead atoms. The van der Waals surface area contributed by atoms with E-state index in [0.29, 0.717) is 6.04 Å². The fourth-order valence-electron chi connectivity index (χ4n) is 1.92. The number of unbranched alkanes of at least 4 members (excludes halogenated alkanes) is 2. The number of ether oxygens (including phenoxy) is 1. The van der Waals surface area contributed by atoms with Crippen LogP contribution in [0.15, 0.2) is 24.3 Å². The molecule has 1 unspecified atom stereocenters. The van der Waals surface area contributed by atoms with Crippen LogP contribution in [0.25, 0.3) is 0 Å². The largest absolute Gasteiger partial charge is 0.491 e. The van der Waals surface area contributed by atoms with Gasteiger partial charge in [-0.05, 0) is 51.4 Å². The summed E-state index contributed by atoms with van der Waals surface area (Å²) in [5.41, 5.74) is 1.32. The first kappa shape index (κ1) is 15.0. The average molecular weight is 249 g/mol. The van der Waals surface area contributed by atoms with Crippen molar-refractivity contribution in [2.45, 2.75) is 59.1 Å². The third-order valence-electron chi connectivity index (χ3n) is 2.98. The molecule has 0 saturated carbocycles. The molecule has 0 fully saturated rings. The van der Waals surface area contributed by atoms with Crippen LogP contribution in [0, 0.1) is 0 Å². The van der Waals surface area contributed by atoms with Crippen LogP contribution in [-0.4, -0.2) is 12.6 Å². The van der Waals surface area contributed by atoms with Crippen LogP contribution in [0.1, 0.15) is 58.6 Å². The summed E-state index contributed by atoms with van der Waals surface area (Å²) >= 11 is 0. The molecular formula is C16H27NO. The van der Waals surface area contributed by atoms with E-state index in [4.69, 9.17) is 4.74 Å². The van der Waals surface area contributed by atoms with Gasteiger partial charge in [0.2, 0.25) is 0 Å². The summed E-state index contributed by atoms with van der Waals surface area (Å²) in [7, 11) is 0. The predicted octanol–water partition coefficient (Wildman–Crippen LogP) is 4.31. The Morgan fingerprint density at radius 2 is 1.72 bits per heavy atom. The van der Waals surface area contributed by atoms with Crippen molar-refractivity contribution < 1.29 is 4.74 Å². The van der Waals surface area contributed by atoms with E-state index >= 15 is 0 Å². The minimum absolute atomic E-state index is 0.237. The quantitative estimate of drug-likeness (QED) is 0.693. The highest BCUT2D eigenvalue weighted by molar-refractivity contribution is 5.29. The number of nitrogens with one attached hydrogen (secondary N) is 1. The van der Waals surface area contributed by atoms with Crippen molar-refractivity contribution in [2.75, 3.05) is 6.54 Å². The highest BCUT2D eigenvalue weighted by Gasteiger charge is 2.04. The van der Waals surface area contributed by atoms with Crippen LogP contribution in [0.3, 0.4) is 0 Å². The van der Waals surface area contributed by atoms with Crippen molar-refractivity contribution in [3.63, 3.8) is 0 Å². The van der Waals surface area contributed by atoms with Crippen LogP contribution in [0.4, 0.5) is 0 Å². The van der Waals surface area contributed by atoms with Crippen molar-refractivity contribution in [1.82, 2.24) is 5.32 Å². The first-order valence-electron chi connectivity index (χ1n) is 7.13. The molecule has 1 N–H and O–H groups in total. The Labute approximate surface area is 112 Å². The smallest absolute Gasteiger partial charge is 0.119 e. The lowest BCUT2D eigenvalue weighted by Gasteiger charge is -2.15. The van der Waals surface area contributed by atoms with E-state index in [-0.39, 0.29) is 6.10 Å². The fraction of sp³-hybridized carbons (Fsp3) is 0.625. The van der Waals surface area contributed by atoms with E-state index < -0.39 is 0 Å². The van der Waals surface area contributed by atoms with Crippen LogP contribution in [0.2, 0.25) is 0 Å². The predicted molar refractivity (Wildman–Crippen MR) is 78.1 cm³/mol. The van der Waals surface area contributed by atoms with Crippen LogP contribution in [-0.2, 0) is 0 Å². The average Bonchev–Trinajstić information content (AvgIpc) is 2.34. The molecular weight excluding hydrogens is 222 g/mol.